The fourth-order valence-corrected chi connectivity index (χ4v) is 6.22. The Bertz CT molecular complexity index is 1610. The van der Waals surface area contributed by atoms with Gasteiger partial charge >= 0.3 is 17.9 Å². The topological polar surface area (TPSA) is 313 Å². The molecule has 0 aliphatic carbocycles. The molecule has 0 bridgehead atoms. The summed E-state index contributed by atoms with van der Waals surface area (Å²) in [6, 6.07) is -7.77. The van der Waals surface area contributed by atoms with Gasteiger partial charge in [-0.2, -0.15) is 0 Å². The third-order valence-electron chi connectivity index (χ3n) is 9.18. The summed E-state index contributed by atoms with van der Waals surface area (Å²) < 4.78 is 5.14. The lowest BCUT2D eigenvalue weighted by molar-refractivity contribution is -0.155. The number of Topliss-reactive ketones (excluding diaryl/α,β-unsaturated/α-hetero) is 1. The van der Waals surface area contributed by atoms with Gasteiger partial charge in [-0.15, -0.1) is 0 Å². The molecular formula is C39H63N7O14. The molecule has 0 unspecified atom stereocenters. The number of aliphatic carboxylic acids is 2. The minimum Gasteiger partial charge on any atom is -0.481 e. The van der Waals surface area contributed by atoms with E-state index in [2.05, 4.69) is 31.9 Å². The molecule has 0 aromatic carbocycles. The Hall–Kier alpha value is -5.63. The van der Waals surface area contributed by atoms with Crippen LogP contribution in [0.1, 0.15) is 114 Å². The third-order valence-corrected chi connectivity index (χ3v) is 9.18. The summed E-state index contributed by atoms with van der Waals surface area (Å²) in [5.41, 5.74) is -0.817. The van der Waals surface area contributed by atoms with Crippen LogP contribution in [0.2, 0.25) is 0 Å². The second-order valence-electron chi connectivity index (χ2n) is 16.3. The quantitative estimate of drug-likeness (QED) is 0.0440. The number of amides is 7. The Labute approximate surface area is 349 Å². The van der Waals surface area contributed by atoms with E-state index in [0.29, 0.717) is 12.8 Å². The number of carboxylic acids is 2. The van der Waals surface area contributed by atoms with Gasteiger partial charge in [0.1, 0.15) is 42.4 Å². The molecule has 60 heavy (non-hydrogen) atoms. The summed E-state index contributed by atoms with van der Waals surface area (Å²) in [5.74, 6) is -11.3. The van der Waals surface area contributed by atoms with Crippen LogP contribution in [0.5, 0.6) is 0 Å². The molecule has 0 saturated carbocycles. The fourth-order valence-electron chi connectivity index (χ4n) is 6.22. The average molecular weight is 854 g/mol. The molecule has 21 heteroatoms. The highest BCUT2D eigenvalue weighted by Crippen LogP contribution is 2.21. The molecule has 338 valence electrons. The molecule has 0 aromatic rings. The molecule has 1 aliphatic heterocycles. The standard InChI is InChI=1S/C39H63N7O14/c1-10-12-23(32(53)37(58)40-19-29(52)60-39(7,8)9)42-35(56)26-13-11-18-46(26)38(59)31(21(4)5)45-36(57)30(20(2)3)44-34(55)25(15-17-28(50)51)43-33(54)24(41-22(6)47)14-16-27(48)49/h20-21,23-26,30-31H,10-19H2,1-9H3,(H,40,58)(H,41,47)(H,42,56)(H,43,54)(H,44,55)(H,45,57)(H,48,49)(H,50,51)/t23-,24-,25-,26-,30-,31-/m0/s1. The van der Waals surface area contributed by atoms with E-state index in [-0.39, 0.29) is 25.8 Å². The number of likely N-dealkylation sites (tertiary alicyclic amines) is 1. The Balaban J connectivity index is 3.20. The van der Waals surface area contributed by atoms with Crippen LogP contribution in [0.25, 0.3) is 0 Å². The average Bonchev–Trinajstić information content (AvgIpc) is 3.63. The van der Waals surface area contributed by atoms with Crippen molar-refractivity contribution in [2.24, 2.45) is 11.8 Å². The largest absolute Gasteiger partial charge is 0.481 e. The number of rotatable bonds is 24. The number of hydrogen-bond acceptors (Lipinski definition) is 12. The zero-order valence-electron chi connectivity index (χ0n) is 35.9. The van der Waals surface area contributed by atoms with Gasteiger partial charge in [0, 0.05) is 26.3 Å². The summed E-state index contributed by atoms with van der Waals surface area (Å²) in [6.07, 6.45) is -0.761. The molecule has 0 radical (unpaired) electrons. The molecule has 6 atom stereocenters. The second-order valence-corrected chi connectivity index (χ2v) is 16.3. The SMILES string of the molecule is CCC[C@H](NC(=O)[C@@H]1CCCN1C(=O)[C@@H](NC(=O)[C@@H](NC(=O)[C@H](CCC(=O)O)NC(=O)[C@H](CCC(=O)O)NC(C)=O)C(C)C)C(C)C)C(=O)C(=O)NCC(=O)OC(C)(C)C. The minimum atomic E-state index is -1.53. The first-order chi connectivity index (χ1) is 27.8. The first-order valence-corrected chi connectivity index (χ1v) is 20.1. The maximum atomic E-state index is 14.1. The lowest BCUT2D eigenvalue weighted by Crippen LogP contribution is -2.61. The number of nitrogens with zero attached hydrogens (tertiary/aromatic N) is 1. The van der Waals surface area contributed by atoms with Gasteiger partial charge in [0.05, 0.1) is 6.04 Å². The summed E-state index contributed by atoms with van der Waals surface area (Å²) >= 11 is 0. The van der Waals surface area contributed by atoms with Gasteiger partial charge in [0.15, 0.2) is 0 Å². The number of hydrogen-bond donors (Lipinski definition) is 8. The van der Waals surface area contributed by atoms with Gasteiger partial charge in [-0.05, 0) is 64.7 Å². The zero-order chi connectivity index (χ0) is 46.1. The van der Waals surface area contributed by atoms with E-state index in [0.717, 1.165) is 6.92 Å². The molecule has 1 fully saturated rings. The van der Waals surface area contributed by atoms with Crippen molar-refractivity contribution in [3.63, 3.8) is 0 Å². The number of carbonyl (C=O) groups excluding carboxylic acids is 9. The van der Waals surface area contributed by atoms with Crippen molar-refractivity contribution in [3.05, 3.63) is 0 Å². The van der Waals surface area contributed by atoms with E-state index in [4.69, 9.17) is 9.84 Å². The van der Waals surface area contributed by atoms with Crippen LogP contribution in [0, 0.1) is 11.8 Å². The molecule has 0 spiro atoms. The lowest BCUT2D eigenvalue weighted by Gasteiger charge is -2.33. The Morgan fingerprint density at radius 1 is 0.700 bits per heavy atom. The van der Waals surface area contributed by atoms with Gasteiger partial charge in [0.2, 0.25) is 41.2 Å². The van der Waals surface area contributed by atoms with Crippen LogP contribution < -0.4 is 31.9 Å². The third kappa shape index (κ3) is 18.1. The number of carboxylic acid groups (broad SMARTS) is 2. The van der Waals surface area contributed by atoms with E-state index < -0.39 is 145 Å². The summed E-state index contributed by atoms with van der Waals surface area (Å²) in [5, 5.41) is 33.0. The number of nitrogens with one attached hydrogen (secondary N) is 6. The molecule has 0 aromatic heterocycles. The summed E-state index contributed by atoms with van der Waals surface area (Å²) in [4.78, 5) is 141. The Morgan fingerprint density at radius 2 is 1.22 bits per heavy atom. The lowest BCUT2D eigenvalue weighted by atomic mass is 9.98. The summed E-state index contributed by atoms with van der Waals surface area (Å²) in [7, 11) is 0. The van der Waals surface area contributed by atoms with E-state index in [1.807, 2.05) is 0 Å². The predicted octanol–water partition coefficient (Wildman–Crippen LogP) is -0.710. The van der Waals surface area contributed by atoms with Crippen molar-refractivity contribution in [2.45, 2.75) is 156 Å². The van der Waals surface area contributed by atoms with Crippen LogP contribution in [-0.4, -0.2) is 135 Å². The number of esters is 1. The van der Waals surface area contributed by atoms with Crippen molar-refractivity contribution in [3.8, 4) is 0 Å². The van der Waals surface area contributed by atoms with Gasteiger partial charge in [-0.25, -0.2) is 0 Å². The van der Waals surface area contributed by atoms with Gasteiger partial charge < -0.3 is 51.8 Å². The number of ether oxygens (including phenoxy) is 1. The van der Waals surface area contributed by atoms with Crippen LogP contribution in [0.3, 0.4) is 0 Å². The molecule has 1 heterocycles. The van der Waals surface area contributed by atoms with Crippen LogP contribution in [-0.2, 0) is 57.5 Å². The normalized spacial score (nSPS) is 16.3. The monoisotopic (exact) mass is 853 g/mol. The molecule has 1 saturated heterocycles. The van der Waals surface area contributed by atoms with Crippen molar-refractivity contribution in [1.82, 2.24) is 36.8 Å². The van der Waals surface area contributed by atoms with Gasteiger partial charge in [0.25, 0.3) is 5.91 Å². The van der Waals surface area contributed by atoms with Crippen LogP contribution in [0.4, 0.5) is 0 Å². The minimum absolute atomic E-state index is 0.0829. The zero-order valence-corrected chi connectivity index (χ0v) is 35.9. The predicted molar refractivity (Wildman–Crippen MR) is 212 cm³/mol. The maximum absolute atomic E-state index is 14.1. The van der Waals surface area contributed by atoms with E-state index in [1.54, 1.807) is 55.4 Å². The van der Waals surface area contributed by atoms with Crippen LogP contribution in [0.15, 0.2) is 0 Å². The van der Waals surface area contributed by atoms with Crippen LogP contribution >= 0.6 is 0 Å². The smallest absolute Gasteiger partial charge is 0.325 e. The summed E-state index contributed by atoms with van der Waals surface area (Å²) in [6.45, 7) is 13.8. The molecule has 8 N–H and O–H groups in total. The second kappa shape index (κ2) is 24.5. The van der Waals surface area contributed by atoms with Crippen molar-refractivity contribution in [2.75, 3.05) is 13.1 Å². The van der Waals surface area contributed by atoms with E-state index in [9.17, 15) is 57.8 Å². The number of ketones is 1. The Morgan fingerprint density at radius 3 is 1.70 bits per heavy atom. The van der Waals surface area contributed by atoms with E-state index in [1.165, 1.54) is 4.90 Å². The highest BCUT2D eigenvalue weighted by molar-refractivity contribution is 6.38. The van der Waals surface area contributed by atoms with Crippen molar-refractivity contribution < 1.29 is 67.7 Å². The molecule has 1 rings (SSSR count). The first-order valence-electron chi connectivity index (χ1n) is 20.1. The highest BCUT2D eigenvalue weighted by Gasteiger charge is 2.41. The van der Waals surface area contributed by atoms with Gasteiger partial charge in [-0.1, -0.05) is 41.0 Å². The molecule has 7 amide bonds. The first kappa shape index (κ1) is 52.4. The fraction of sp³-hybridized carbons (Fsp3) is 0.718. The Kier molecular flexibility index (Phi) is 21.4. The molecule has 21 nitrogen and oxygen atoms in total. The maximum Gasteiger partial charge on any atom is 0.325 e. The molecular weight excluding hydrogens is 790 g/mol. The van der Waals surface area contributed by atoms with E-state index >= 15 is 0 Å². The van der Waals surface area contributed by atoms with Crippen molar-refractivity contribution >= 4 is 65.0 Å². The number of carbonyl (C=O) groups is 11. The molecule has 1 aliphatic rings. The van der Waals surface area contributed by atoms with Crippen molar-refractivity contribution in [1.29, 1.82) is 0 Å². The highest BCUT2D eigenvalue weighted by atomic mass is 16.6. The van der Waals surface area contributed by atoms with Gasteiger partial charge in [-0.3, -0.25) is 52.7 Å².